The average molecular weight is 650 g/mol. The standard InChI is InChI=1S/C33H48N2O4S.BrH/c1-3-4-5-6-7-8-9-10-11-12-13-14-21-38-31-19-18-30(24-32(31)37-2)39-26-33(36)34-29-17-15-16-28(23-29)25-35-20-22-40-27-35;/h15-20,22-24H,3-14,21,25-27H2,1-2H3,(H,34,36);1H. The maximum atomic E-state index is 12.5. The predicted octanol–water partition coefficient (Wildman–Crippen LogP) is 9.35. The number of rotatable bonds is 21. The van der Waals surface area contributed by atoms with Crippen molar-refractivity contribution in [3.8, 4) is 17.2 Å². The number of anilines is 1. The first-order valence-electron chi connectivity index (χ1n) is 15.0. The molecule has 1 heterocycles. The van der Waals surface area contributed by atoms with Crippen LogP contribution in [0.2, 0.25) is 0 Å². The number of amides is 1. The minimum absolute atomic E-state index is 0. The van der Waals surface area contributed by atoms with E-state index in [0.717, 1.165) is 30.1 Å². The summed E-state index contributed by atoms with van der Waals surface area (Å²) < 4.78 is 17.2. The van der Waals surface area contributed by atoms with Crippen LogP contribution in [-0.2, 0) is 11.3 Å². The van der Waals surface area contributed by atoms with E-state index in [1.54, 1.807) is 24.9 Å². The van der Waals surface area contributed by atoms with Gasteiger partial charge >= 0.3 is 0 Å². The summed E-state index contributed by atoms with van der Waals surface area (Å²) in [4.78, 5) is 14.7. The highest BCUT2D eigenvalue weighted by Gasteiger charge is 2.10. The van der Waals surface area contributed by atoms with Gasteiger partial charge in [0.05, 0.1) is 19.6 Å². The SMILES string of the molecule is Br.CCCCCCCCCCCCCCOc1ccc(OCC(=O)Nc2cccc(CN3C=CSC3)c2)cc1OC. The van der Waals surface area contributed by atoms with Crippen molar-refractivity contribution in [1.82, 2.24) is 4.90 Å². The second-order valence-corrected chi connectivity index (χ2v) is 11.3. The molecule has 0 unspecified atom stereocenters. The zero-order valence-electron chi connectivity index (χ0n) is 24.9. The third-order valence-electron chi connectivity index (χ3n) is 6.97. The molecule has 2 aromatic carbocycles. The van der Waals surface area contributed by atoms with Gasteiger partial charge < -0.3 is 24.4 Å². The van der Waals surface area contributed by atoms with E-state index in [2.05, 4.69) is 34.8 Å². The van der Waals surface area contributed by atoms with Gasteiger partial charge in [-0.15, -0.1) is 28.7 Å². The van der Waals surface area contributed by atoms with E-state index in [9.17, 15) is 4.79 Å². The summed E-state index contributed by atoms with van der Waals surface area (Å²) in [6, 6.07) is 13.3. The molecule has 0 aromatic heterocycles. The summed E-state index contributed by atoms with van der Waals surface area (Å²) in [5.41, 5.74) is 1.91. The van der Waals surface area contributed by atoms with Crippen LogP contribution < -0.4 is 19.5 Å². The Morgan fingerprint density at radius 2 is 1.59 bits per heavy atom. The molecule has 0 atom stereocenters. The molecule has 0 bridgehead atoms. The Balaban J connectivity index is 0.00000588. The number of carbonyl (C=O) groups is 1. The predicted molar refractivity (Wildman–Crippen MR) is 178 cm³/mol. The highest BCUT2D eigenvalue weighted by atomic mass is 79.9. The Hall–Kier alpha value is -2.32. The Morgan fingerprint density at radius 3 is 2.24 bits per heavy atom. The molecule has 1 N–H and O–H groups in total. The first kappa shape index (κ1) is 34.9. The summed E-state index contributed by atoms with van der Waals surface area (Å²) >= 11 is 1.78. The van der Waals surface area contributed by atoms with E-state index in [4.69, 9.17) is 14.2 Å². The van der Waals surface area contributed by atoms with Crippen LogP contribution in [0.25, 0.3) is 0 Å². The van der Waals surface area contributed by atoms with Crippen molar-refractivity contribution in [3.63, 3.8) is 0 Å². The first-order valence-corrected chi connectivity index (χ1v) is 16.1. The maximum absolute atomic E-state index is 12.5. The molecule has 1 aliphatic rings. The molecule has 0 spiro atoms. The lowest BCUT2D eigenvalue weighted by atomic mass is 10.1. The molecule has 0 aliphatic carbocycles. The number of halogens is 1. The van der Waals surface area contributed by atoms with Crippen LogP contribution in [0, 0.1) is 0 Å². The van der Waals surface area contributed by atoms with E-state index in [-0.39, 0.29) is 29.5 Å². The number of ether oxygens (including phenoxy) is 3. The van der Waals surface area contributed by atoms with Gasteiger partial charge in [-0.2, -0.15) is 0 Å². The molecule has 0 radical (unpaired) electrons. The molecule has 41 heavy (non-hydrogen) atoms. The van der Waals surface area contributed by atoms with E-state index in [1.807, 2.05) is 30.3 Å². The van der Waals surface area contributed by atoms with Crippen LogP contribution in [0.3, 0.4) is 0 Å². The monoisotopic (exact) mass is 648 g/mol. The topological polar surface area (TPSA) is 60.0 Å². The smallest absolute Gasteiger partial charge is 0.262 e. The van der Waals surface area contributed by atoms with Gasteiger partial charge in [0, 0.05) is 24.5 Å². The zero-order chi connectivity index (χ0) is 28.3. The molecule has 0 fully saturated rings. The largest absolute Gasteiger partial charge is 0.493 e. The van der Waals surface area contributed by atoms with Gasteiger partial charge in [0.25, 0.3) is 5.91 Å². The normalized spacial score (nSPS) is 12.2. The van der Waals surface area contributed by atoms with Gasteiger partial charge in [0.2, 0.25) is 0 Å². The molecule has 228 valence electrons. The zero-order valence-corrected chi connectivity index (χ0v) is 27.4. The molecule has 0 saturated heterocycles. The highest BCUT2D eigenvalue weighted by molar-refractivity contribution is 8.93. The minimum Gasteiger partial charge on any atom is -0.493 e. The molecular formula is C33H49BrN2O4S. The van der Waals surface area contributed by atoms with Crippen LogP contribution >= 0.6 is 28.7 Å². The maximum Gasteiger partial charge on any atom is 0.262 e. The summed E-state index contributed by atoms with van der Waals surface area (Å²) in [5, 5.41) is 5.02. The van der Waals surface area contributed by atoms with Crippen molar-refractivity contribution in [3.05, 3.63) is 59.6 Å². The van der Waals surface area contributed by atoms with E-state index < -0.39 is 0 Å². The number of hydrogen-bond donors (Lipinski definition) is 1. The molecule has 8 heteroatoms. The van der Waals surface area contributed by atoms with Gasteiger partial charge in [-0.05, 0) is 41.7 Å². The molecule has 1 amide bonds. The summed E-state index contributed by atoms with van der Waals surface area (Å²) in [6.45, 7) is 3.67. The lowest BCUT2D eigenvalue weighted by Crippen LogP contribution is -2.20. The number of unbranched alkanes of at least 4 members (excludes halogenated alkanes) is 11. The summed E-state index contributed by atoms with van der Waals surface area (Å²) in [7, 11) is 1.62. The van der Waals surface area contributed by atoms with E-state index >= 15 is 0 Å². The fourth-order valence-corrected chi connectivity index (χ4v) is 5.43. The molecule has 0 saturated carbocycles. The number of benzene rings is 2. The number of nitrogens with one attached hydrogen (secondary N) is 1. The quantitative estimate of drug-likeness (QED) is 0.136. The van der Waals surface area contributed by atoms with Crippen molar-refractivity contribution in [1.29, 1.82) is 0 Å². The highest BCUT2D eigenvalue weighted by Crippen LogP contribution is 2.31. The molecular weight excluding hydrogens is 600 g/mol. The van der Waals surface area contributed by atoms with Crippen LogP contribution in [0.1, 0.15) is 89.5 Å². The number of hydrogen-bond acceptors (Lipinski definition) is 6. The number of thioether (sulfide) groups is 1. The number of nitrogens with zero attached hydrogens (tertiary/aromatic N) is 1. The average Bonchev–Trinajstić information content (AvgIpc) is 3.48. The molecule has 6 nitrogen and oxygen atoms in total. The first-order chi connectivity index (χ1) is 19.7. The molecule has 3 rings (SSSR count). The van der Waals surface area contributed by atoms with Crippen molar-refractivity contribution in [2.24, 2.45) is 0 Å². The van der Waals surface area contributed by atoms with Crippen LogP contribution in [0.15, 0.2) is 54.1 Å². The fraction of sp³-hybridized carbons (Fsp3) is 0.545. The summed E-state index contributed by atoms with van der Waals surface area (Å²) in [6.07, 6.45) is 17.9. The third kappa shape index (κ3) is 14.4. The van der Waals surface area contributed by atoms with Crippen LogP contribution in [0.5, 0.6) is 17.2 Å². The van der Waals surface area contributed by atoms with Gasteiger partial charge in [-0.25, -0.2) is 0 Å². The van der Waals surface area contributed by atoms with Crippen LogP contribution in [-0.4, -0.2) is 37.0 Å². The number of carbonyl (C=O) groups excluding carboxylic acids is 1. The Labute approximate surface area is 262 Å². The van der Waals surface area contributed by atoms with Gasteiger partial charge in [0.1, 0.15) is 5.75 Å². The van der Waals surface area contributed by atoms with Crippen molar-refractivity contribution < 1.29 is 19.0 Å². The Morgan fingerprint density at radius 1 is 0.878 bits per heavy atom. The summed E-state index contributed by atoms with van der Waals surface area (Å²) in [5.74, 6) is 2.62. The third-order valence-corrected chi connectivity index (χ3v) is 7.76. The number of methoxy groups -OCH3 is 1. The van der Waals surface area contributed by atoms with Crippen molar-refractivity contribution in [2.45, 2.75) is 90.5 Å². The minimum atomic E-state index is -0.208. The van der Waals surface area contributed by atoms with Crippen LogP contribution in [0.4, 0.5) is 5.69 Å². The Bertz CT molecular complexity index is 1040. The van der Waals surface area contributed by atoms with Gasteiger partial charge in [0.15, 0.2) is 18.1 Å². The Kier molecular flexibility index (Phi) is 18.2. The lowest BCUT2D eigenvalue weighted by molar-refractivity contribution is -0.118. The van der Waals surface area contributed by atoms with E-state index in [1.165, 1.54) is 70.6 Å². The second-order valence-electron chi connectivity index (χ2n) is 10.4. The molecule has 1 aliphatic heterocycles. The van der Waals surface area contributed by atoms with Gasteiger partial charge in [-0.1, -0.05) is 89.7 Å². The molecule has 2 aromatic rings. The second kappa shape index (κ2) is 21.4. The lowest BCUT2D eigenvalue weighted by Gasteiger charge is -2.15. The van der Waals surface area contributed by atoms with E-state index in [0.29, 0.717) is 23.9 Å². The van der Waals surface area contributed by atoms with Gasteiger partial charge in [-0.3, -0.25) is 4.79 Å². The van der Waals surface area contributed by atoms with Crippen molar-refractivity contribution >= 4 is 40.3 Å². The fourth-order valence-electron chi connectivity index (χ4n) is 4.72. The van der Waals surface area contributed by atoms with Crippen molar-refractivity contribution in [2.75, 3.05) is 31.5 Å².